The number of rotatable bonds is 1. The number of benzene rings is 7. The van der Waals surface area contributed by atoms with Gasteiger partial charge < -0.3 is 4.74 Å². The van der Waals surface area contributed by atoms with E-state index in [9.17, 15) is 16.4 Å². The Morgan fingerprint density at radius 2 is 0.978 bits per heavy atom. The highest BCUT2D eigenvalue weighted by atomic mass is 16.5. The van der Waals surface area contributed by atoms with Crippen LogP contribution in [0.4, 0.5) is 0 Å². The molecule has 0 saturated heterocycles. The molecule has 7 aromatic carbocycles. The van der Waals surface area contributed by atoms with Gasteiger partial charge in [-0.2, -0.15) is 0 Å². The molecule has 10 rings (SSSR count). The summed E-state index contributed by atoms with van der Waals surface area (Å²) in [4.78, 5) is 0. The number of hydrogen-bond donors (Lipinski definition) is 0. The third-order valence-corrected chi connectivity index (χ3v) is 8.82. The van der Waals surface area contributed by atoms with Gasteiger partial charge >= 0.3 is 0 Å². The van der Waals surface area contributed by atoms with Crippen LogP contribution in [0.3, 0.4) is 0 Å². The van der Waals surface area contributed by atoms with Crippen LogP contribution in [-0.2, 0) is 10.8 Å². The summed E-state index contributed by atoms with van der Waals surface area (Å²) in [7, 11) is 0. The van der Waals surface area contributed by atoms with Crippen LogP contribution in [0.15, 0.2) is 145 Å². The predicted octanol–water partition coefficient (Wildman–Crippen LogP) is 11.3. The molecule has 1 heteroatoms. The molecule has 0 N–H and O–H groups in total. The lowest BCUT2D eigenvalue weighted by atomic mass is 9.61. The standard InChI is InChI=1S/C44H30O/c1-43(2)36-18-7-8-20-40(36)45-41-24-22-29(26-39(41)43)28-21-23-32-30-13-3-5-16-34(30)44(38(32)25-28)35-17-6-4-14-31(35)33-15-9-11-27-12-10-19-37(44)42(27)33/h3-26H,1-2H3/i3D,4D,5D,6D,7D,8D,9D,10D,11D,12D,13D,14D,15D,16D,17D,18D,19D,20D,21D,22D,23D,24D,25D,26D. The molecule has 1 atom stereocenters. The zero-order chi connectivity index (χ0) is 50.8. The van der Waals surface area contributed by atoms with E-state index in [-0.39, 0.29) is 16.9 Å². The number of ether oxygens (including phenoxy) is 1. The van der Waals surface area contributed by atoms with Crippen LogP contribution < -0.4 is 4.74 Å². The van der Waals surface area contributed by atoms with Crippen LogP contribution in [0, 0.1) is 0 Å². The summed E-state index contributed by atoms with van der Waals surface area (Å²) >= 11 is 0. The van der Waals surface area contributed by atoms with Crippen molar-refractivity contribution in [2.75, 3.05) is 0 Å². The van der Waals surface area contributed by atoms with Gasteiger partial charge in [0.15, 0.2) is 0 Å². The molecule has 0 bridgehead atoms. The monoisotopic (exact) mass is 598 g/mol. The fourth-order valence-corrected chi connectivity index (χ4v) is 6.83. The summed E-state index contributed by atoms with van der Waals surface area (Å²) in [6.07, 6.45) is 0. The summed E-state index contributed by atoms with van der Waals surface area (Å²) < 4.78 is 227. The van der Waals surface area contributed by atoms with Gasteiger partial charge in [0.25, 0.3) is 0 Å². The maximum absolute atomic E-state index is 10.3. The highest BCUT2D eigenvalue weighted by Gasteiger charge is 2.50. The van der Waals surface area contributed by atoms with E-state index in [2.05, 4.69) is 0 Å². The molecule has 0 aromatic heterocycles. The molecule has 212 valence electrons. The van der Waals surface area contributed by atoms with Crippen LogP contribution in [-0.4, -0.2) is 0 Å². The molecule has 0 saturated carbocycles. The van der Waals surface area contributed by atoms with E-state index in [1.807, 2.05) is 0 Å². The van der Waals surface area contributed by atoms with Crippen molar-refractivity contribution in [3.05, 3.63) is 178 Å². The quantitative estimate of drug-likeness (QED) is 0.183. The van der Waals surface area contributed by atoms with E-state index < -0.39 is 228 Å². The maximum atomic E-state index is 10.3. The summed E-state index contributed by atoms with van der Waals surface area (Å²) in [6.45, 7) is 2.94. The van der Waals surface area contributed by atoms with Crippen molar-refractivity contribution in [3.8, 4) is 44.9 Å². The molecule has 0 radical (unpaired) electrons. The molecular weight excluding hydrogens is 544 g/mol. The lowest BCUT2D eigenvalue weighted by molar-refractivity contribution is 0.418. The fourth-order valence-electron chi connectivity index (χ4n) is 6.83. The first-order valence-electron chi connectivity index (χ1n) is 25.9. The molecule has 2 aliphatic carbocycles. The Morgan fingerprint density at radius 3 is 1.76 bits per heavy atom. The van der Waals surface area contributed by atoms with Gasteiger partial charge in [0.1, 0.15) is 11.5 Å². The minimum atomic E-state index is -2.87. The van der Waals surface area contributed by atoms with Gasteiger partial charge in [-0.15, -0.1) is 0 Å². The van der Waals surface area contributed by atoms with Crippen molar-refractivity contribution in [2.24, 2.45) is 0 Å². The molecule has 1 nitrogen and oxygen atoms in total. The van der Waals surface area contributed by atoms with Gasteiger partial charge in [0.2, 0.25) is 0 Å². The molecule has 0 amide bonds. The molecule has 45 heavy (non-hydrogen) atoms. The summed E-state index contributed by atoms with van der Waals surface area (Å²) in [5.41, 5.74) is -11.1. The van der Waals surface area contributed by atoms with Gasteiger partial charge in [-0.3, -0.25) is 0 Å². The summed E-state index contributed by atoms with van der Waals surface area (Å²) in [6, 6.07) is -20.1. The van der Waals surface area contributed by atoms with Crippen molar-refractivity contribution in [1.82, 2.24) is 0 Å². The Morgan fingerprint density at radius 1 is 0.444 bits per heavy atom. The molecule has 3 aliphatic rings. The normalized spacial score (nSPS) is 25.0. The van der Waals surface area contributed by atoms with E-state index >= 15 is 0 Å². The van der Waals surface area contributed by atoms with E-state index in [4.69, 9.17) is 21.2 Å². The van der Waals surface area contributed by atoms with Crippen LogP contribution in [0.1, 0.15) is 80.1 Å². The Bertz CT molecular complexity index is 3720. The largest absolute Gasteiger partial charge is 0.457 e. The average Bonchev–Trinajstić information content (AvgIpc) is 3.61. The first-order valence-corrected chi connectivity index (χ1v) is 13.9. The zero-order valence-corrected chi connectivity index (χ0v) is 23.4. The molecule has 7 aromatic rings. The Labute approximate surface area is 297 Å². The third kappa shape index (κ3) is 3.08. The van der Waals surface area contributed by atoms with Crippen molar-refractivity contribution >= 4 is 10.8 Å². The lowest BCUT2D eigenvalue weighted by Crippen LogP contribution is -2.31. The number of fused-ring (bicyclic) bond motifs is 11. The van der Waals surface area contributed by atoms with Crippen molar-refractivity contribution in [1.29, 1.82) is 0 Å². The van der Waals surface area contributed by atoms with Gasteiger partial charge in [-0.25, -0.2) is 0 Å². The van der Waals surface area contributed by atoms with Crippen molar-refractivity contribution < 1.29 is 37.6 Å². The Kier molecular flexibility index (Phi) is 2.14. The molecule has 1 spiro atoms. The zero-order valence-electron chi connectivity index (χ0n) is 47.4. The smallest absolute Gasteiger partial charge is 0.131 e. The van der Waals surface area contributed by atoms with Crippen LogP contribution in [0.5, 0.6) is 11.5 Å². The lowest BCUT2D eigenvalue weighted by Gasteiger charge is -2.40. The highest BCUT2D eigenvalue weighted by molar-refractivity contribution is 6.07. The summed E-state index contributed by atoms with van der Waals surface area (Å²) in [5.74, 6) is -0.838. The number of hydrogen-bond acceptors (Lipinski definition) is 1. The van der Waals surface area contributed by atoms with E-state index in [1.54, 1.807) is 0 Å². The topological polar surface area (TPSA) is 9.23 Å². The number of para-hydroxylation sites is 1. The van der Waals surface area contributed by atoms with E-state index in [1.165, 1.54) is 13.8 Å². The minimum Gasteiger partial charge on any atom is -0.457 e. The minimum absolute atomic E-state index is 0.135. The van der Waals surface area contributed by atoms with Gasteiger partial charge in [0, 0.05) is 16.5 Å². The second-order valence-electron chi connectivity index (χ2n) is 11.4. The second kappa shape index (κ2) is 8.61. The van der Waals surface area contributed by atoms with E-state index in [0.717, 1.165) is 0 Å². The second-order valence-corrected chi connectivity index (χ2v) is 11.4. The maximum Gasteiger partial charge on any atom is 0.131 e. The molecule has 1 aliphatic heterocycles. The third-order valence-electron chi connectivity index (χ3n) is 8.82. The molecule has 1 unspecified atom stereocenters. The van der Waals surface area contributed by atoms with E-state index in [0.29, 0.717) is 0 Å². The van der Waals surface area contributed by atoms with Gasteiger partial charge in [0.05, 0.1) is 38.3 Å². The molecule has 0 fully saturated rings. The van der Waals surface area contributed by atoms with Crippen LogP contribution >= 0.6 is 0 Å². The van der Waals surface area contributed by atoms with Crippen LogP contribution in [0.2, 0.25) is 0 Å². The SMILES string of the molecule is [2H]c1c([2H])c([2H])c2c(c1[2H])Oc1c([2H])c([2H])c(-c3c([2H])c([2H])c4c(c3[2H])C3(c5c([2H])c([2H])c([2H])c([2H])c5-4)c4c([2H])c([2H])c([2H])c([2H])c4-c4c([2H])c([2H])c([2H])c5c([2H])c([2H])c([2H])c3c45)c([2H])c1C2(C)C. The highest BCUT2D eigenvalue weighted by Crippen LogP contribution is 2.62. The molecular formula is C44H30O. The van der Waals surface area contributed by atoms with Gasteiger partial charge in [-0.1, -0.05) is 135 Å². The Balaban J connectivity index is 1.50. The average molecular weight is 599 g/mol. The van der Waals surface area contributed by atoms with Crippen molar-refractivity contribution in [3.63, 3.8) is 0 Å². The first-order chi connectivity index (χ1) is 32.1. The van der Waals surface area contributed by atoms with Crippen LogP contribution in [0.25, 0.3) is 44.2 Å². The summed E-state index contributed by atoms with van der Waals surface area (Å²) in [5, 5.41) is -1.02. The van der Waals surface area contributed by atoms with Crippen molar-refractivity contribution in [2.45, 2.75) is 24.7 Å². The predicted molar refractivity (Wildman–Crippen MR) is 184 cm³/mol. The fraction of sp³-hybridized carbons (Fsp3) is 0.0909. The van der Waals surface area contributed by atoms with Gasteiger partial charge in [-0.05, 0) is 90.6 Å². The Hall–Kier alpha value is -5.40. The molecule has 1 heterocycles. The first kappa shape index (κ1) is 11.2.